The van der Waals surface area contributed by atoms with Gasteiger partial charge in [-0.05, 0) is 31.1 Å². The van der Waals surface area contributed by atoms with E-state index >= 15 is 0 Å². The van der Waals surface area contributed by atoms with E-state index in [4.69, 9.17) is 0 Å². The van der Waals surface area contributed by atoms with Crippen LogP contribution in [0.25, 0.3) is 0 Å². The summed E-state index contributed by atoms with van der Waals surface area (Å²) < 4.78 is 0. The Bertz CT molecular complexity index is 265. The number of hydrogen-bond donors (Lipinski definition) is 0. The molecular formula is C25H48. The topological polar surface area (TPSA) is 0 Å². The van der Waals surface area contributed by atoms with Gasteiger partial charge in [0.05, 0.1) is 0 Å². The summed E-state index contributed by atoms with van der Waals surface area (Å²) in [7, 11) is 0. The smallest absolute Gasteiger partial charge is 0.0325 e. The molecule has 0 fully saturated rings. The van der Waals surface area contributed by atoms with Gasteiger partial charge in [-0.15, -0.1) is 0 Å². The van der Waals surface area contributed by atoms with Crippen LogP contribution in [-0.4, -0.2) is 0 Å². The molecule has 2 atom stereocenters. The Kier molecular flexibility index (Phi) is 19.8. The molecule has 0 heterocycles. The molecule has 0 nitrogen and oxygen atoms in total. The van der Waals surface area contributed by atoms with Gasteiger partial charge in [0.2, 0.25) is 0 Å². The van der Waals surface area contributed by atoms with Crippen molar-refractivity contribution < 1.29 is 0 Å². The van der Waals surface area contributed by atoms with Gasteiger partial charge in [0.1, 0.15) is 0 Å². The molecule has 0 aliphatic carbocycles. The van der Waals surface area contributed by atoms with Crippen molar-refractivity contribution in [2.75, 3.05) is 0 Å². The van der Waals surface area contributed by atoms with E-state index in [1.807, 2.05) is 0 Å². The monoisotopic (exact) mass is 348 g/mol. The van der Waals surface area contributed by atoms with Gasteiger partial charge < -0.3 is 0 Å². The third-order valence-electron chi connectivity index (χ3n) is 5.42. The van der Waals surface area contributed by atoms with Crippen molar-refractivity contribution in [2.45, 2.75) is 123 Å². The highest BCUT2D eigenvalue weighted by molar-refractivity contribution is 4.83. The largest absolute Gasteiger partial charge is 0.0885 e. The normalized spacial score (nSPS) is 14.2. The minimum absolute atomic E-state index is 0.851. The third kappa shape index (κ3) is 19.9. The molecule has 0 amide bonds. The van der Waals surface area contributed by atoms with Gasteiger partial charge in [0.15, 0.2) is 0 Å². The Labute approximate surface area is 161 Å². The number of allylic oxidation sites excluding steroid dienone is 2. The van der Waals surface area contributed by atoms with Gasteiger partial charge in [-0.3, -0.25) is 0 Å². The summed E-state index contributed by atoms with van der Waals surface area (Å²) in [5.74, 6) is 1.74. The highest BCUT2D eigenvalue weighted by Gasteiger charge is 2.00. The van der Waals surface area contributed by atoms with Crippen molar-refractivity contribution in [1.82, 2.24) is 0 Å². The fourth-order valence-electron chi connectivity index (χ4n) is 3.54. The molecule has 0 aromatic rings. The molecule has 0 N–H and O–H groups in total. The first-order valence-electron chi connectivity index (χ1n) is 11.4. The summed E-state index contributed by atoms with van der Waals surface area (Å²) in [4.78, 5) is 0. The highest BCUT2D eigenvalue weighted by atomic mass is 14.1. The van der Waals surface area contributed by atoms with Crippen LogP contribution < -0.4 is 0 Å². The van der Waals surface area contributed by atoms with Crippen LogP contribution in [0.15, 0.2) is 12.2 Å². The summed E-state index contributed by atoms with van der Waals surface area (Å²) in [5.41, 5.74) is 0. The number of unbranched alkanes of at least 4 members (excludes halogenated alkanes) is 10. The van der Waals surface area contributed by atoms with Crippen molar-refractivity contribution in [2.24, 2.45) is 11.8 Å². The van der Waals surface area contributed by atoms with Crippen molar-refractivity contribution >= 4 is 0 Å². The van der Waals surface area contributed by atoms with Crippen LogP contribution in [-0.2, 0) is 0 Å². The molecule has 0 rings (SSSR count). The SMILES string of the molecule is [CH2]CCCCC(C)CC=CCCCCCCCCCCC(C)CC[CH2]. The number of rotatable bonds is 19. The quantitative estimate of drug-likeness (QED) is 0.161. The predicted octanol–water partition coefficient (Wildman–Crippen LogP) is 9.11. The molecule has 2 unspecified atom stereocenters. The van der Waals surface area contributed by atoms with Gasteiger partial charge in [-0.1, -0.05) is 130 Å². The lowest BCUT2D eigenvalue weighted by Crippen LogP contribution is -1.93. The van der Waals surface area contributed by atoms with Crippen molar-refractivity contribution in [3.8, 4) is 0 Å². The van der Waals surface area contributed by atoms with Crippen LogP contribution in [0.5, 0.6) is 0 Å². The van der Waals surface area contributed by atoms with E-state index in [9.17, 15) is 0 Å². The van der Waals surface area contributed by atoms with Crippen molar-refractivity contribution in [3.05, 3.63) is 26.0 Å². The fourth-order valence-corrected chi connectivity index (χ4v) is 3.54. The molecule has 148 valence electrons. The molecule has 0 saturated heterocycles. The molecule has 0 aliphatic heterocycles. The Morgan fingerprint density at radius 2 is 1.12 bits per heavy atom. The zero-order chi connectivity index (χ0) is 18.6. The molecule has 0 saturated carbocycles. The van der Waals surface area contributed by atoms with Crippen LogP contribution in [0.1, 0.15) is 123 Å². The van der Waals surface area contributed by atoms with Gasteiger partial charge in [0.25, 0.3) is 0 Å². The Morgan fingerprint density at radius 1 is 0.560 bits per heavy atom. The van der Waals surface area contributed by atoms with E-state index in [0.29, 0.717) is 0 Å². The Morgan fingerprint density at radius 3 is 1.76 bits per heavy atom. The second-order valence-corrected chi connectivity index (χ2v) is 8.31. The van der Waals surface area contributed by atoms with Crippen LogP contribution >= 0.6 is 0 Å². The predicted molar refractivity (Wildman–Crippen MR) is 117 cm³/mol. The average molecular weight is 349 g/mol. The molecule has 0 aromatic heterocycles. The summed E-state index contributed by atoms with van der Waals surface area (Å²) in [6, 6.07) is 0. The van der Waals surface area contributed by atoms with E-state index in [1.54, 1.807) is 0 Å². The zero-order valence-corrected chi connectivity index (χ0v) is 17.7. The Hall–Kier alpha value is -0.260. The zero-order valence-electron chi connectivity index (χ0n) is 17.7. The van der Waals surface area contributed by atoms with E-state index in [-0.39, 0.29) is 0 Å². The van der Waals surface area contributed by atoms with E-state index in [2.05, 4.69) is 39.8 Å². The maximum atomic E-state index is 3.95. The van der Waals surface area contributed by atoms with Gasteiger partial charge in [0, 0.05) is 0 Å². The molecular weight excluding hydrogens is 300 g/mol. The van der Waals surface area contributed by atoms with Gasteiger partial charge in [-0.2, -0.15) is 0 Å². The standard InChI is InChI=1S/C25H48/c1-5-7-17-21-25(4)23-19-16-14-12-10-8-9-11-13-15-18-22-24(3)20-6-2/h16,19,24-25H,1-2,5-15,17-18,20-23H2,3-4H3. The summed E-state index contributed by atoms with van der Waals surface area (Å²) >= 11 is 0. The maximum Gasteiger partial charge on any atom is -0.0325 e. The minimum atomic E-state index is 0.851. The van der Waals surface area contributed by atoms with Crippen molar-refractivity contribution in [1.29, 1.82) is 0 Å². The van der Waals surface area contributed by atoms with E-state index in [1.165, 1.54) is 96.3 Å². The minimum Gasteiger partial charge on any atom is -0.0885 e. The first kappa shape index (κ1) is 24.7. The Balaban J connectivity index is 3.21. The molecule has 2 radical (unpaired) electrons. The lowest BCUT2D eigenvalue weighted by Gasteiger charge is -2.09. The van der Waals surface area contributed by atoms with Crippen LogP contribution in [0.4, 0.5) is 0 Å². The summed E-state index contributed by atoms with van der Waals surface area (Å²) in [6.07, 6.45) is 27.8. The van der Waals surface area contributed by atoms with Crippen LogP contribution in [0, 0.1) is 25.7 Å². The molecule has 0 heteroatoms. The maximum absolute atomic E-state index is 3.95. The highest BCUT2D eigenvalue weighted by Crippen LogP contribution is 2.17. The van der Waals surface area contributed by atoms with Gasteiger partial charge >= 0.3 is 0 Å². The first-order valence-corrected chi connectivity index (χ1v) is 11.4. The summed E-state index contributed by atoms with van der Waals surface area (Å²) in [5, 5.41) is 0. The molecule has 0 aliphatic rings. The fraction of sp³-hybridized carbons (Fsp3) is 0.840. The average Bonchev–Trinajstić information content (AvgIpc) is 2.59. The summed E-state index contributed by atoms with van der Waals surface area (Å²) in [6.45, 7) is 12.6. The van der Waals surface area contributed by atoms with Crippen LogP contribution in [0.2, 0.25) is 0 Å². The van der Waals surface area contributed by atoms with Gasteiger partial charge in [-0.25, -0.2) is 0 Å². The molecule has 0 bridgehead atoms. The first-order chi connectivity index (χ1) is 12.2. The van der Waals surface area contributed by atoms with Crippen LogP contribution in [0.3, 0.4) is 0 Å². The second kappa shape index (κ2) is 20.1. The number of hydrogen-bond acceptors (Lipinski definition) is 0. The van der Waals surface area contributed by atoms with Crippen molar-refractivity contribution in [3.63, 3.8) is 0 Å². The molecule has 0 aromatic carbocycles. The molecule has 0 spiro atoms. The second-order valence-electron chi connectivity index (χ2n) is 8.31. The third-order valence-corrected chi connectivity index (χ3v) is 5.42. The van der Waals surface area contributed by atoms with E-state index in [0.717, 1.165) is 24.7 Å². The molecule has 25 heavy (non-hydrogen) atoms. The van der Waals surface area contributed by atoms with E-state index < -0.39 is 0 Å². The lowest BCUT2D eigenvalue weighted by molar-refractivity contribution is 0.457. The lowest BCUT2D eigenvalue weighted by atomic mass is 9.98.